The molecule has 0 aromatic rings. The van der Waals surface area contributed by atoms with Crippen LogP contribution in [0.15, 0.2) is 0 Å². The topological polar surface area (TPSA) is 78.4 Å². The summed E-state index contributed by atoms with van der Waals surface area (Å²) >= 11 is 0. The molecule has 5 nitrogen and oxygen atoms in total. The molecule has 0 radical (unpaired) electrons. The van der Waals surface area contributed by atoms with Crippen LogP contribution in [0, 0.1) is 5.92 Å². The minimum absolute atomic E-state index is 0.0557. The van der Waals surface area contributed by atoms with Crippen LogP contribution >= 0.6 is 0 Å². The third kappa shape index (κ3) is 4.80. The number of carboxylic acids is 1. The molecule has 0 aromatic heterocycles. The molecule has 3 N–H and O–H groups in total. The molecule has 0 aromatic carbocycles. The average Bonchev–Trinajstić information content (AvgIpc) is 2.15. The monoisotopic (exact) mass is 268 g/mol. The van der Waals surface area contributed by atoms with E-state index >= 15 is 0 Å². The zero-order chi connectivity index (χ0) is 13.8. The summed E-state index contributed by atoms with van der Waals surface area (Å²) in [4.78, 5) is 21.4. The standard InChI is InChI=1S/C10H15F3N2O3/c11-10(12,13)6-4-7(5-6)15-9(18)14-3-1-2-8(16)17/h6-7H,1-5H2,(H,16,17)(H2,14,15,18). The fourth-order valence-corrected chi connectivity index (χ4v) is 1.68. The Kier molecular flexibility index (Phi) is 4.80. The van der Waals surface area contributed by atoms with Crippen LogP contribution in [0.2, 0.25) is 0 Å². The van der Waals surface area contributed by atoms with E-state index in [4.69, 9.17) is 5.11 Å². The highest BCUT2D eigenvalue weighted by Gasteiger charge is 2.48. The molecule has 104 valence electrons. The van der Waals surface area contributed by atoms with Crippen LogP contribution in [0.5, 0.6) is 0 Å². The molecule has 0 unspecified atom stereocenters. The van der Waals surface area contributed by atoms with Gasteiger partial charge in [-0.2, -0.15) is 13.2 Å². The van der Waals surface area contributed by atoms with Crippen molar-refractivity contribution in [1.29, 1.82) is 0 Å². The molecule has 0 heterocycles. The van der Waals surface area contributed by atoms with Gasteiger partial charge >= 0.3 is 18.2 Å². The Morgan fingerprint density at radius 2 is 1.89 bits per heavy atom. The van der Waals surface area contributed by atoms with E-state index < -0.39 is 30.1 Å². The molecule has 1 saturated carbocycles. The molecule has 1 aliphatic carbocycles. The Hall–Kier alpha value is -1.47. The first kappa shape index (κ1) is 14.6. The maximum absolute atomic E-state index is 12.2. The van der Waals surface area contributed by atoms with Gasteiger partial charge in [0.15, 0.2) is 0 Å². The maximum Gasteiger partial charge on any atom is 0.391 e. The smallest absolute Gasteiger partial charge is 0.391 e. The van der Waals surface area contributed by atoms with Crippen LogP contribution < -0.4 is 10.6 Å². The van der Waals surface area contributed by atoms with Gasteiger partial charge in [0.1, 0.15) is 0 Å². The van der Waals surface area contributed by atoms with Crippen LogP contribution in [-0.2, 0) is 4.79 Å². The highest BCUT2D eigenvalue weighted by molar-refractivity contribution is 5.74. The number of rotatable bonds is 5. The number of aliphatic carboxylic acids is 1. The minimum Gasteiger partial charge on any atom is -0.481 e. The SMILES string of the molecule is O=C(O)CCCNC(=O)NC1CC(C(F)(F)F)C1. The van der Waals surface area contributed by atoms with E-state index in [9.17, 15) is 22.8 Å². The first-order valence-electron chi connectivity index (χ1n) is 5.62. The third-order valence-corrected chi connectivity index (χ3v) is 2.79. The van der Waals surface area contributed by atoms with E-state index in [2.05, 4.69) is 10.6 Å². The molecule has 0 bridgehead atoms. The van der Waals surface area contributed by atoms with Gasteiger partial charge in [-0.1, -0.05) is 0 Å². The van der Waals surface area contributed by atoms with Crippen molar-refractivity contribution in [2.45, 2.75) is 37.9 Å². The second-order valence-corrected chi connectivity index (χ2v) is 4.30. The summed E-state index contributed by atoms with van der Waals surface area (Å²) in [5, 5.41) is 13.1. The number of urea groups is 1. The van der Waals surface area contributed by atoms with Gasteiger partial charge in [0.05, 0.1) is 5.92 Å². The van der Waals surface area contributed by atoms with Gasteiger partial charge in [0.2, 0.25) is 0 Å². The van der Waals surface area contributed by atoms with Crippen molar-refractivity contribution in [3.63, 3.8) is 0 Å². The second-order valence-electron chi connectivity index (χ2n) is 4.30. The number of hydrogen-bond acceptors (Lipinski definition) is 2. The van der Waals surface area contributed by atoms with Gasteiger partial charge in [-0.15, -0.1) is 0 Å². The van der Waals surface area contributed by atoms with Crippen molar-refractivity contribution < 1.29 is 27.9 Å². The number of carbonyl (C=O) groups excluding carboxylic acids is 1. The van der Waals surface area contributed by atoms with Crippen molar-refractivity contribution in [2.75, 3.05) is 6.54 Å². The molecule has 0 saturated heterocycles. The Balaban J connectivity index is 2.07. The Morgan fingerprint density at radius 1 is 1.28 bits per heavy atom. The quantitative estimate of drug-likeness (QED) is 0.661. The van der Waals surface area contributed by atoms with Crippen molar-refractivity contribution >= 4 is 12.0 Å². The number of alkyl halides is 3. The van der Waals surface area contributed by atoms with Gasteiger partial charge in [0.25, 0.3) is 0 Å². The lowest BCUT2D eigenvalue weighted by atomic mass is 9.80. The summed E-state index contributed by atoms with van der Waals surface area (Å²) in [5.74, 6) is -2.28. The minimum atomic E-state index is -4.18. The van der Waals surface area contributed by atoms with E-state index in [1.54, 1.807) is 0 Å². The molecular weight excluding hydrogens is 253 g/mol. The third-order valence-electron chi connectivity index (χ3n) is 2.79. The first-order valence-corrected chi connectivity index (χ1v) is 5.62. The number of carbonyl (C=O) groups is 2. The fourth-order valence-electron chi connectivity index (χ4n) is 1.68. The number of carboxylic acid groups (broad SMARTS) is 1. The van der Waals surface area contributed by atoms with Crippen molar-refractivity contribution in [2.24, 2.45) is 5.92 Å². The zero-order valence-corrected chi connectivity index (χ0v) is 9.59. The molecule has 0 spiro atoms. The maximum atomic E-state index is 12.2. The van der Waals surface area contributed by atoms with Gasteiger partial charge in [-0.25, -0.2) is 4.79 Å². The normalized spacial score (nSPS) is 23.1. The number of hydrogen-bond donors (Lipinski definition) is 3. The van der Waals surface area contributed by atoms with Crippen LogP contribution in [0.25, 0.3) is 0 Å². The summed E-state index contributed by atoms with van der Waals surface area (Å²) in [5.41, 5.74) is 0. The Morgan fingerprint density at radius 3 is 2.39 bits per heavy atom. The lowest BCUT2D eigenvalue weighted by Crippen LogP contribution is -2.51. The van der Waals surface area contributed by atoms with Crippen molar-refractivity contribution in [1.82, 2.24) is 10.6 Å². The van der Waals surface area contributed by atoms with Crippen molar-refractivity contribution in [3.05, 3.63) is 0 Å². The first-order chi connectivity index (χ1) is 8.29. The molecule has 0 atom stereocenters. The van der Waals surface area contributed by atoms with Crippen molar-refractivity contribution in [3.8, 4) is 0 Å². The summed E-state index contributed by atoms with van der Waals surface area (Å²) in [6, 6.07) is -0.998. The summed E-state index contributed by atoms with van der Waals surface area (Å²) in [6.07, 6.45) is -4.13. The van der Waals surface area contributed by atoms with Gasteiger partial charge in [-0.05, 0) is 19.3 Å². The van der Waals surface area contributed by atoms with Gasteiger partial charge < -0.3 is 15.7 Å². The number of amides is 2. The van der Waals surface area contributed by atoms with E-state index in [0.29, 0.717) is 6.42 Å². The molecule has 1 aliphatic rings. The van der Waals surface area contributed by atoms with Gasteiger partial charge in [-0.3, -0.25) is 4.79 Å². The molecule has 1 rings (SSSR count). The molecule has 2 amide bonds. The van der Waals surface area contributed by atoms with Gasteiger partial charge in [0, 0.05) is 19.0 Å². The predicted molar refractivity (Wildman–Crippen MR) is 56.0 cm³/mol. The van der Waals surface area contributed by atoms with E-state index in [1.807, 2.05) is 0 Å². The lowest BCUT2D eigenvalue weighted by Gasteiger charge is -2.36. The van der Waals surface area contributed by atoms with E-state index in [0.717, 1.165) is 0 Å². The molecule has 1 fully saturated rings. The fraction of sp³-hybridized carbons (Fsp3) is 0.800. The van der Waals surface area contributed by atoms with E-state index in [-0.39, 0.29) is 25.8 Å². The van der Waals surface area contributed by atoms with E-state index in [1.165, 1.54) is 0 Å². The average molecular weight is 268 g/mol. The Bertz CT molecular complexity index is 314. The largest absolute Gasteiger partial charge is 0.481 e. The lowest BCUT2D eigenvalue weighted by molar-refractivity contribution is -0.198. The van der Waals surface area contributed by atoms with Crippen LogP contribution in [0.1, 0.15) is 25.7 Å². The summed E-state index contributed by atoms with van der Waals surface area (Å²) < 4.78 is 36.5. The zero-order valence-electron chi connectivity index (χ0n) is 9.59. The predicted octanol–water partition coefficient (Wildman–Crippen LogP) is 1.49. The second kappa shape index (κ2) is 5.92. The number of halogens is 3. The molecule has 18 heavy (non-hydrogen) atoms. The highest BCUT2D eigenvalue weighted by atomic mass is 19.4. The Labute approximate surface area is 102 Å². The molecular formula is C10H15F3N2O3. The molecule has 8 heteroatoms. The summed E-state index contributed by atoms with van der Waals surface area (Å²) in [6.45, 7) is 0.188. The van der Waals surface area contributed by atoms with Crippen LogP contribution in [0.4, 0.5) is 18.0 Å². The van der Waals surface area contributed by atoms with Crippen LogP contribution in [0.3, 0.4) is 0 Å². The highest BCUT2D eigenvalue weighted by Crippen LogP contribution is 2.40. The molecule has 0 aliphatic heterocycles. The summed E-state index contributed by atoms with van der Waals surface area (Å²) in [7, 11) is 0. The van der Waals surface area contributed by atoms with Crippen LogP contribution in [-0.4, -0.2) is 35.9 Å². The number of nitrogens with one attached hydrogen (secondary N) is 2.